The first-order chi connectivity index (χ1) is 9.16. The van der Waals surface area contributed by atoms with E-state index in [0.717, 1.165) is 30.5 Å². The van der Waals surface area contributed by atoms with Crippen LogP contribution in [-0.4, -0.2) is 46.3 Å². The molecule has 1 aliphatic rings. The van der Waals surface area contributed by atoms with E-state index >= 15 is 0 Å². The third-order valence-corrected chi connectivity index (χ3v) is 3.62. The topological polar surface area (TPSA) is 50.2 Å². The number of para-hydroxylation sites is 1. The van der Waals surface area contributed by atoms with Crippen LogP contribution in [0.5, 0.6) is 0 Å². The van der Waals surface area contributed by atoms with Gasteiger partial charge < -0.3 is 10.2 Å². The third-order valence-electron chi connectivity index (χ3n) is 3.62. The fourth-order valence-electron chi connectivity index (χ4n) is 2.64. The molecular formula is C14H18N4O. The van der Waals surface area contributed by atoms with Crippen molar-refractivity contribution in [3.8, 4) is 0 Å². The van der Waals surface area contributed by atoms with Gasteiger partial charge in [0, 0.05) is 38.1 Å². The Hall–Kier alpha value is -1.88. The van der Waals surface area contributed by atoms with Crippen molar-refractivity contribution in [3.63, 3.8) is 0 Å². The Morgan fingerprint density at radius 1 is 1.42 bits per heavy atom. The Morgan fingerprint density at radius 3 is 3.00 bits per heavy atom. The van der Waals surface area contributed by atoms with Crippen LogP contribution in [0, 0.1) is 0 Å². The number of piperazine rings is 1. The van der Waals surface area contributed by atoms with E-state index in [1.165, 1.54) is 0 Å². The van der Waals surface area contributed by atoms with Gasteiger partial charge in [0.2, 0.25) is 0 Å². The lowest BCUT2D eigenvalue weighted by Gasteiger charge is -2.31. The van der Waals surface area contributed by atoms with Gasteiger partial charge in [-0.25, -0.2) is 0 Å². The fraction of sp³-hybridized carbons (Fsp3) is 0.429. The average molecular weight is 258 g/mol. The Kier molecular flexibility index (Phi) is 2.98. The third kappa shape index (κ3) is 2.10. The van der Waals surface area contributed by atoms with E-state index in [4.69, 9.17) is 0 Å². The standard InChI is InChI=1S/C14H18N4O/c1-10-9-18(8-7-15-10)14(19)13-11-5-3-4-6-12(11)17(2)16-13/h3-6,10,15H,7-9H2,1-2H3/t10-/m0/s1. The van der Waals surface area contributed by atoms with Crippen LogP contribution in [0.2, 0.25) is 0 Å². The maximum atomic E-state index is 12.6. The van der Waals surface area contributed by atoms with E-state index in [2.05, 4.69) is 17.3 Å². The highest BCUT2D eigenvalue weighted by atomic mass is 16.2. The highest BCUT2D eigenvalue weighted by Gasteiger charge is 2.25. The number of nitrogens with one attached hydrogen (secondary N) is 1. The fourth-order valence-corrected chi connectivity index (χ4v) is 2.64. The second-order valence-corrected chi connectivity index (χ2v) is 5.10. The lowest BCUT2D eigenvalue weighted by atomic mass is 10.1. The molecule has 0 aliphatic carbocycles. The van der Waals surface area contributed by atoms with Crippen molar-refractivity contribution in [2.24, 2.45) is 7.05 Å². The molecule has 1 saturated heterocycles. The van der Waals surface area contributed by atoms with Crippen molar-refractivity contribution in [1.82, 2.24) is 20.0 Å². The minimum absolute atomic E-state index is 0.0325. The van der Waals surface area contributed by atoms with Gasteiger partial charge in [-0.05, 0) is 13.0 Å². The summed E-state index contributed by atoms with van der Waals surface area (Å²) in [6.45, 7) is 4.42. The highest BCUT2D eigenvalue weighted by molar-refractivity contribution is 6.04. The number of carbonyl (C=O) groups is 1. The maximum Gasteiger partial charge on any atom is 0.275 e. The van der Waals surface area contributed by atoms with E-state index in [1.807, 2.05) is 36.2 Å². The Bertz CT molecular complexity index is 619. The van der Waals surface area contributed by atoms with Crippen molar-refractivity contribution >= 4 is 16.8 Å². The predicted octanol–water partition coefficient (Wildman–Crippen LogP) is 1.01. The molecule has 2 aromatic rings. The average Bonchev–Trinajstić information content (AvgIpc) is 2.76. The second-order valence-electron chi connectivity index (χ2n) is 5.10. The molecule has 100 valence electrons. The molecule has 5 heteroatoms. The highest BCUT2D eigenvalue weighted by Crippen LogP contribution is 2.19. The van der Waals surface area contributed by atoms with Gasteiger partial charge >= 0.3 is 0 Å². The summed E-state index contributed by atoms with van der Waals surface area (Å²) in [5.41, 5.74) is 1.56. The number of amides is 1. The largest absolute Gasteiger partial charge is 0.334 e. The number of aromatic nitrogens is 2. The summed E-state index contributed by atoms with van der Waals surface area (Å²) in [6, 6.07) is 8.19. The van der Waals surface area contributed by atoms with E-state index in [9.17, 15) is 4.79 Å². The SMILES string of the molecule is C[C@H]1CN(C(=O)c2nn(C)c3ccccc23)CCN1. The number of hydrogen-bond donors (Lipinski definition) is 1. The van der Waals surface area contributed by atoms with Crippen molar-refractivity contribution in [3.05, 3.63) is 30.0 Å². The summed E-state index contributed by atoms with van der Waals surface area (Å²) in [5, 5.41) is 8.67. The second kappa shape index (κ2) is 4.66. The molecule has 0 unspecified atom stereocenters. The minimum Gasteiger partial charge on any atom is -0.334 e. The van der Waals surface area contributed by atoms with E-state index in [1.54, 1.807) is 4.68 Å². The van der Waals surface area contributed by atoms with Crippen LogP contribution in [0.15, 0.2) is 24.3 Å². The molecule has 1 atom stereocenters. The van der Waals surface area contributed by atoms with Crippen molar-refractivity contribution < 1.29 is 4.79 Å². The zero-order valence-corrected chi connectivity index (χ0v) is 11.3. The Balaban J connectivity index is 1.97. The number of fused-ring (bicyclic) bond motifs is 1. The van der Waals surface area contributed by atoms with Crippen LogP contribution < -0.4 is 5.32 Å². The van der Waals surface area contributed by atoms with Gasteiger partial charge in [0.15, 0.2) is 5.69 Å². The van der Waals surface area contributed by atoms with E-state index in [0.29, 0.717) is 11.7 Å². The molecule has 2 heterocycles. The van der Waals surface area contributed by atoms with Crippen LogP contribution in [0.3, 0.4) is 0 Å². The van der Waals surface area contributed by atoms with E-state index in [-0.39, 0.29) is 5.91 Å². The van der Waals surface area contributed by atoms with Gasteiger partial charge in [-0.15, -0.1) is 0 Å². The van der Waals surface area contributed by atoms with Crippen LogP contribution in [-0.2, 0) is 7.05 Å². The zero-order valence-electron chi connectivity index (χ0n) is 11.3. The molecule has 3 rings (SSSR count). The molecule has 1 aromatic heterocycles. The first kappa shape index (κ1) is 12.2. The van der Waals surface area contributed by atoms with Gasteiger partial charge in [0.1, 0.15) is 0 Å². The molecular weight excluding hydrogens is 240 g/mol. The first-order valence-corrected chi connectivity index (χ1v) is 6.61. The molecule has 1 N–H and O–H groups in total. The van der Waals surface area contributed by atoms with E-state index < -0.39 is 0 Å². The first-order valence-electron chi connectivity index (χ1n) is 6.61. The molecule has 1 amide bonds. The number of benzene rings is 1. The van der Waals surface area contributed by atoms with Crippen LogP contribution in [0.4, 0.5) is 0 Å². The molecule has 0 radical (unpaired) electrons. The molecule has 19 heavy (non-hydrogen) atoms. The summed E-state index contributed by atoms with van der Waals surface area (Å²) in [6.07, 6.45) is 0. The summed E-state index contributed by atoms with van der Waals surface area (Å²) < 4.78 is 1.77. The monoisotopic (exact) mass is 258 g/mol. The lowest BCUT2D eigenvalue weighted by molar-refractivity contribution is 0.0704. The van der Waals surface area contributed by atoms with Gasteiger partial charge in [-0.1, -0.05) is 18.2 Å². The van der Waals surface area contributed by atoms with Crippen LogP contribution in [0.25, 0.3) is 10.9 Å². The van der Waals surface area contributed by atoms with Crippen molar-refractivity contribution in [2.45, 2.75) is 13.0 Å². The van der Waals surface area contributed by atoms with Crippen molar-refractivity contribution in [2.75, 3.05) is 19.6 Å². The molecule has 1 aliphatic heterocycles. The summed E-state index contributed by atoms with van der Waals surface area (Å²) in [5.74, 6) is 0.0325. The van der Waals surface area contributed by atoms with Gasteiger partial charge in [0.25, 0.3) is 5.91 Å². The number of aryl methyl sites for hydroxylation is 1. The predicted molar refractivity (Wildman–Crippen MR) is 74.1 cm³/mol. The molecule has 5 nitrogen and oxygen atoms in total. The number of rotatable bonds is 1. The molecule has 0 bridgehead atoms. The number of carbonyl (C=O) groups excluding carboxylic acids is 1. The lowest BCUT2D eigenvalue weighted by Crippen LogP contribution is -2.51. The van der Waals surface area contributed by atoms with Gasteiger partial charge in [-0.2, -0.15) is 5.10 Å². The number of nitrogens with zero attached hydrogens (tertiary/aromatic N) is 3. The smallest absolute Gasteiger partial charge is 0.275 e. The van der Waals surface area contributed by atoms with Crippen molar-refractivity contribution in [1.29, 1.82) is 0 Å². The normalized spacial score (nSPS) is 19.9. The van der Waals surface area contributed by atoms with Crippen LogP contribution >= 0.6 is 0 Å². The molecule has 1 aromatic carbocycles. The number of hydrogen-bond acceptors (Lipinski definition) is 3. The summed E-state index contributed by atoms with van der Waals surface area (Å²) in [7, 11) is 1.87. The maximum absolute atomic E-state index is 12.6. The molecule has 0 spiro atoms. The quantitative estimate of drug-likeness (QED) is 0.830. The van der Waals surface area contributed by atoms with Gasteiger partial charge in [0.05, 0.1) is 5.52 Å². The minimum atomic E-state index is 0.0325. The Morgan fingerprint density at radius 2 is 2.21 bits per heavy atom. The summed E-state index contributed by atoms with van der Waals surface area (Å²) >= 11 is 0. The van der Waals surface area contributed by atoms with Gasteiger partial charge in [-0.3, -0.25) is 9.48 Å². The Labute approximate surface area is 112 Å². The summed E-state index contributed by atoms with van der Waals surface area (Å²) in [4.78, 5) is 14.5. The zero-order chi connectivity index (χ0) is 13.4. The molecule has 0 saturated carbocycles. The van der Waals surface area contributed by atoms with Crippen LogP contribution in [0.1, 0.15) is 17.4 Å². The molecule has 1 fully saturated rings.